The lowest BCUT2D eigenvalue weighted by molar-refractivity contribution is 0.314. The van der Waals surface area contributed by atoms with Crippen molar-refractivity contribution in [1.29, 1.82) is 0 Å². The quantitative estimate of drug-likeness (QED) is 0.543. The molecule has 1 heterocycles. The van der Waals surface area contributed by atoms with Crippen LogP contribution in [0.1, 0.15) is 6.92 Å². The van der Waals surface area contributed by atoms with Gasteiger partial charge in [-0.15, -0.1) is 0 Å². The average molecular weight is 137 g/mol. The highest BCUT2D eigenvalue weighted by Crippen LogP contribution is 2.59. The first-order valence-electron chi connectivity index (χ1n) is 2.67. The molecule has 1 N–H and O–H groups in total. The van der Waals surface area contributed by atoms with Crippen LogP contribution in [0.15, 0.2) is 0 Å². The first kappa shape index (κ1) is 6.43. The first-order valence-corrected chi connectivity index (χ1v) is 4.43. The third kappa shape index (κ3) is 1.17. The van der Waals surface area contributed by atoms with Crippen molar-refractivity contribution >= 4 is 7.94 Å². The molecule has 49 valence electrons. The van der Waals surface area contributed by atoms with Crippen molar-refractivity contribution in [3.63, 3.8) is 0 Å². The maximum absolute atomic E-state index is 9.17. The van der Waals surface area contributed by atoms with Gasteiger partial charge in [0.25, 0.3) is 0 Å². The third-order valence-corrected chi connectivity index (χ3v) is 3.04. The second kappa shape index (κ2) is 2.28. The largest absolute Gasteiger partial charge is 0.336 e. The van der Waals surface area contributed by atoms with Crippen LogP contribution in [0.2, 0.25) is 0 Å². The summed E-state index contributed by atoms with van der Waals surface area (Å²) in [5.74, 6) is 0. The molecule has 0 bridgehead atoms. The van der Waals surface area contributed by atoms with E-state index in [4.69, 9.17) is 13.9 Å². The van der Waals surface area contributed by atoms with E-state index in [1.54, 1.807) is 0 Å². The molecule has 0 amide bonds. The smallest absolute Gasteiger partial charge is 0.230 e. The zero-order valence-electron chi connectivity index (χ0n) is 4.83. The first-order chi connectivity index (χ1) is 3.77. The molecule has 1 aliphatic heterocycles. The molecule has 0 aliphatic carbocycles. The predicted molar refractivity (Wildman–Crippen MR) is 31.6 cm³/mol. The van der Waals surface area contributed by atoms with E-state index < -0.39 is 7.94 Å². The van der Waals surface area contributed by atoms with Crippen molar-refractivity contribution in [3.05, 3.63) is 0 Å². The predicted octanol–water partition coefficient (Wildman–Crippen LogP) is 0.808. The Morgan fingerprint density at radius 3 is 2.25 bits per heavy atom. The summed E-state index contributed by atoms with van der Waals surface area (Å²) in [6, 6.07) is 0. The maximum atomic E-state index is 9.17. The molecule has 1 saturated heterocycles. The Labute approximate surface area is 49.2 Å². The number of hydrogen-bond acceptors (Lipinski definition) is 3. The van der Waals surface area contributed by atoms with Gasteiger partial charge in [0.2, 0.25) is 7.94 Å². The highest BCUT2D eigenvalue weighted by Gasteiger charge is 2.29. The van der Waals surface area contributed by atoms with Crippen LogP contribution in [0, 0.1) is 0 Å². The molecule has 1 aliphatic rings. The van der Waals surface area contributed by atoms with E-state index in [2.05, 4.69) is 0 Å². The van der Waals surface area contributed by atoms with Crippen molar-refractivity contribution in [2.45, 2.75) is 6.92 Å². The van der Waals surface area contributed by atoms with Gasteiger partial charge in [0.15, 0.2) is 0 Å². The summed E-state index contributed by atoms with van der Waals surface area (Å²) < 4.78 is 9.87. The van der Waals surface area contributed by atoms with Gasteiger partial charge in [-0.05, 0) is 0 Å². The Kier molecular flexibility index (Phi) is 1.83. The molecule has 8 heavy (non-hydrogen) atoms. The summed E-state index contributed by atoms with van der Waals surface area (Å²) in [5, 5.41) is 0. The van der Waals surface area contributed by atoms with Crippen LogP contribution in [-0.2, 0) is 9.05 Å². The maximum Gasteiger partial charge on any atom is 0.230 e. The van der Waals surface area contributed by atoms with E-state index in [-0.39, 0.29) is 0 Å². The molecule has 1 radical (unpaired) electrons. The topological polar surface area (TPSA) is 38.7 Å². The fourth-order valence-corrected chi connectivity index (χ4v) is 1.74. The molecule has 0 aromatic heterocycles. The van der Waals surface area contributed by atoms with Crippen LogP contribution < -0.4 is 0 Å². The van der Waals surface area contributed by atoms with Gasteiger partial charge in [0.1, 0.15) is 0 Å². The van der Waals surface area contributed by atoms with E-state index in [9.17, 15) is 0 Å². The second-order valence-corrected chi connectivity index (χ2v) is 4.04. The molecular formula is C4H10O3P. The zero-order chi connectivity index (χ0) is 6.04. The van der Waals surface area contributed by atoms with E-state index in [1.807, 2.05) is 6.92 Å². The molecule has 0 aromatic rings. The van der Waals surface area contributed by atoms with E-state index >= 15 is 0 Å². The van der Waals surface area contributed by atoms with Gasteiger partial charge >= 0.3 is 0 Å². The second-order valence-electron chi connectivity index (χ2n) is 1.62. The van der Waals surface area contributed by atoms with Crippen molar-refractivity contribution in [2.24, 2.45) is 0 Å². The monoisotopic (exact) mass is 137 g/mol. The molecule has 0 unspecified atom stereocenters. The fourth-order valence-electron chi connectivity index (χ4n) is 0.580. The van der Waals surface area contributed by atoms with E-state index in [1.165, 1.54) is 0 Å². The lowest BCUT2D eigenvalue weighted by atomic mass is 10.8. The summed E-state index contributed by atoms with van der Waals surface area (Å²) in [6.45, 7) is 2.97. The minimum Gasteiger partial charge on any atom is -0.336 e. The zero-order valence-corrected chi connectivity index (χ0v) is 5.73. The Morgan fingerprint density at radius 1 is 1.50 bits per heavy atom. The summed E-state index contributed by atoms with van der Waals surface area (Å²) in [4.78, 5) is 9.17. The summed E-state index contributed by atoms with van der Waals surface area (Å²) >= 11 is 0. The Morgan fingerprint density at radius 2 is 2.00 bits per heavy atom. The van der Waals surface area contributed by atoms with E-state index in [0.29, 0.717) is 19.4 Å². The van der Waals surface area contributed by atoms with Crippen LogP contribution in [0.4, 0.5) is 0 Å². The Balaban J connectivity index is 2.40. The van der Waals surface area contributed by atoms with Crippen molar-refractivity contribution in [2.75, 3.05) is 19.4 Å². The molecule has 4 heteroatoms. The van der Waals surface area contributed by atoms with E-state index in [0.717, 1.165) is 0 Å². The number of hydrogen-bond donors (Lipinski definition) is 1. The van der Waals surface area contributed by atoms with Crippen LogP contribution in [0.25, 0.3) is 0 Å². The fraction of sp³-hybridized carbons (Fsp3) is 1.00. The highest BCUT2D eigenvalue weighted by molar-refractivity contribution is 7.60. The molecule has 1 rings (SSSR count). The van der Waals surface area contributed by atoms with Crippen LogP contribution in [-0.4, -0.2) is 24.3 Å². The normalized spacial score (nSPS) is 26.2. The molecule has 1 fully saturated rings. The molecule has 3 nitrogen and oxygen atoms in total. The molecule has 0 spiro atoms. The average Bonchev–Trinajstić information content (AvgIpc) is 2.17. The van der Waals surface area contributed by atoms with Gasteiger partial charge in [0.05, 0.1) is 13.2 Å². The van der Waals surface area contributed by atoms with Crippen molar-refractivity contribution in [3.8, 4) is 0 Å². The van der Waals surface area contributed by atoms with Crippen molar-refractivity contribution in [1.82, 2.24) is 0 Å². The third-order valence-electron chi connectivity index (χ3n) is 1.07. The Bertz CT molecular complexity index is 79.4. The molecule has 0 saturated carbocycles. The van der Waals surface area contributed by atoms with Gasteiger partial charge < -0.3 is 13.9 Å². The van der Waals surface area contributed by atoms with Crippen LogP contribution in [0.5, 0.6) is 0 Å². The lowest BCUT2D eigenvalue weighted by Crippen LogP contribution is -1.92. The molecular weight excluding hydrogens is 127 g/mol. The van der Waals surface area contributed by atoms with Gasteiger partial charge in [0, 0.05) is 6.16 Å². The van der Waals surface area contributed by atoms with Gasteiger partial charge in [-0.2, -0.15) is 0 Å². The standard InChI is InChI=1S/C4H10O3P/c1-2-8(5)6-3-4-7-8/h5H,2-4H2,1H3. The van der Waals surface area contributed by atoms with Crippen LogP contribution in [0.3, 0.4) is 0 Å². The van der Waals surface area contributed by atoms with Gasteiger partial charge in [-0.1, -0.05) is 6.92 Å². The molecule has 0 atom stereocenters. The number of rotatable bonds is 1. The minimum absolute atomic E-state index is 0.554. The Hall–Kier alpha value is 0.310. The summed E-state index contributed by atoms with van der Waals surface area (Å²) in [7, 11) is -2.30. The van der Waals surface area contributed by atoms with Gasteiger partial charge in [-0.25, -0.2) is 0 Å². The molecule has 0 aromatic carbocycles. The minimum atomic E-state index is -2.30. The SMILES string of the molecule is CC[P]1(O)OCCO1. The van der Waals surface area contributed by atoms with Gasteiger partial charge in [-0.3, -0.25) is 0 Å². The highest BCUT2D eigenvalue weighted by atomic mass is 31.2. The van der Waals surface area contributed by atoms with Crippen molar-refractivity contribution < 1.29 is 13.9 Å². The summed E-state index contributed by atoms with van der Waals surface area (Å²) in [5.41, 5.74) is 0. The lowest BCUT2D eigenvalue weighted by Gasteiger charge is -2.18. The summed E-state index contributed by atoms with van der Waals surface area (Å²) in [6.07, 6.45) is 0.604. The van der Waals surface area contributed by atoms with Crippen LogP contribution >= 0.6 is 7.94 Å².